The molecule has 0 saturated heterocycles. The maximum Gasteiger partial charge on any atom is 0.328 e. The Hall–Kier alpha value is -1.35. The minimum absolute atomic E-state index is 0.178. The highest BCUT2D eigenvalue weighted by molar-refractivity contribution is 5.79. The van der Waals surface area contributed by atoms with Crippen LogP contribution in [0.4, 0.5) is 0 Å². The quantitative estimate of drug-likeness (QED) is 0.583. The molecule has 88 valence electrons. The average molecular weight is 221 g/mol. The summed E-state index contributed by atoms with van der Waals surface area (Å²) >= 11 is 0. The van der Waals surface area contributed by atoms with Crippen LogP contribution in [0.3, 0.4) is 0 Å². The summed E-state index contributed by atoms with van der Waals surface area (Å²) in [6.07, 6.45) is 1.68. The lowest BCUT2D eigenvalue weighted by molar-refractivity contribution is -0.136. The molecule has 1 unspecified atom stereocenters. The van der Waals surface area contributed by atoms with E-state index in [2.05, 4.69) is 5.32 Å². The van der Waals surface area contributed by atoms with Gasteiger partial charge in [0.15, 0.2) is 0 Å². The number of para-hydroxylation sites is 1. The van der Waals surface area contributed by atoms with Gasteiger partial charge in [-0.05, 0) is 31.5 Å². The van der Waals surface area contributed by atoms with Gasteiger partial charge in [-0.3, -0.25) is 0 Å². The van der Waals surface area contributed by atoms with Gasteiger partial charge in [0.25, 0.3) is 0 Å². The topological polar surface area (TPSA) is 38.3 Å². The van der Waals surface area contributed by atoms with E-state index in [0.29, 0.717) is 5.75 Å². The first-order chi connectivity index (χ1) is 7.81. The van der Waals surface area contributed by atoms with Gasteiger partial charge >= 0.3 is 5.97 Å². The van der Waals surface area contributed by atoms with Crippen molar-refractivity contribution in [3.05, 3.63) is 29.8 Å². The number of ether oxygens (including phenoxy) is 1. The van der Waals surface area contributed by atoms with Crippen molar-refractivity contribution in [1.29, 1.82) is 0 Å². The molecule has 0 fully saturated rings. The molecule has 0 bridgehead atoms. The van der Waals surface area contributed by atoms with Gasteiger partial charge in [-0.15, -0.1) is 0 Å². The van der Waals surface area contributed by atoms with Crippen LogP contribution < -0.4 is 10.1 Å². The SMILES string of the molecule is CC.CNC1CCc2ccccc2OC1=O. The van der Waals surface area contributed by atoms with Crippen molar-refractivity contribution in [2.24, 2.45) is 0 Å². The number of esters is 1. The van der Waals surface area contributed by atoms with E-state index in [1.54, 1.807) is 7.05 Å². The summed E-state index contributed by atoms with van der Waals surface area (Å²) in [5.41, 5.74) is 1.11. The average Bonchev–Trinajstić information content (AvgIpc) is 2.49. The number of aryl methyl sites for hydroxylation is 1. The Labute approximate surface area is 96.8 Å². The number of hydrogen-bond acceptors (Lipinski definition) is 3. The molecule has 1 heterocycles. The minimum Gasteiger partial charge on any atom is -0.425 e. The number of carbonyl (C=O) groups is 1. The van der Waals surface area contributed by atoms with Crippen LogP contribution in [0.5, 0.6) is 5.75 Å². The molecular formula is C13H19NO2. The molecule has 0 spiro atoms. The van der Waals surface area contributed by atoms with Crippen LogP contribution in [0.1, 0.15) is 25.8 Å². The highest BCUT2D eigenvalue weighted by Gasteiger charge is 2.23. The van der Waals surface area contributed by atoms with Crippen LogP contribution in [0.15, 0.2) is 24.3 Å². The van der Waals surface area contributed by atoms with Crippen LogP contribution in [0.25, 0.3) is 0 Å². The van der Waals surface area contributed by atoms with E-state index in [0.717, 1.165) is 18.4 Å². The van der Waals surface area contributed by atoms with Crippen LogP contribution in [0, 0.1) is 0 Å². The van der Waals surface area contributed by atoms with Crippen molar-refractivity contribution in [2.75, 3.05) is 7.05 Å². The fraction of sp³-hybridized carbons (Fsp3) is 0.462. The summed E-state index contributed by atoms with van der Waals surface area (Å²) in [5, 5.41) is 2.95. The number of rotatable bonds is 1. The zero-order valence-corrected chi connectivity index (χ0v) is 10.1. The Morgan fingerprint density at radius 1 is 1.31 bits per heavy atom. The molecule has 3 heteroatoms. The summed E-state index contributed by atoms with van der Waals surface area (Å²) in [4.78, 5) is 11.5. The number of likely N-dealkylation sites (N-methyl/N-ethyl adjacent to an activating group) is 1. The first kappa shape index (κ1) is 12.7. The normalized spacial score (nSPS) is 18.7. The molecule has 1 aromatic rings. The molecule has 3 nitrogen and oxygen atoms in total. The predicted octanol–water partition coefficient (Wildman–Crippen LogP) is 2.15. The molecule has 16 heavy (non-hydrogen) atoms. The molecular weight excluding hydrogens is 202 g/mol. The summed E-state index contributed by atoms with van der Waals surface area (Å²) in [5.74, 6) is 0.521. The molecule has 0 radical (unpaired) electrons. The molecule has 0 aromatic heterocycles. The number of carbonyl (C=O) groups excluding carboxylic acids is 1. The highest BCUT2D eigenvalue weighted by Crippen LogP contribution is 2.23. The van der Waals surface area contributed by atoms with E-state index in [1.165, 1.54) is 0 Å². The molecule has 0 saturated carbocycles. The van der Waals surface area contributed by atoms with Gasteiger partial charge in [-0.25, -0.2) is 4.79 Å². The van der Waals surface area contributed by atoms with Crippen molar-refractivity contribution in [3.8, 4) is 5.75 Å². The van der Waals surface area contributed by atoms with E-state index < -0.39 is 0 Å². The van der Waals surface area contributed by atoms with Crippen LogP contribution >= 0.6 is 0 Å². The van der Waals surface area contributed by atoms with Crippen molar-refractivity contribution in [3.63, 3.8) is 0 Å². The zero-order valence-electron chi connectivity index (χ0n) is 10.1. The Morgan fingerprint density at radius 3 is 2.69 bits per heavy atom. The van der Waals surface area contributed by atoms with Crippen LogP contribution in [-0.4, -0.2) is 19.1 Å². The first-order valence-corrected chi connectivity index (χ1v) is 5.78. The van der Waals surface area contributed by atoms with E-state index in [1.807, 2.05) is 38.1 Å². The van der Waals surface area contributed by atoms with E-state index in [4.69, 9.17) is 4.74 Å². The predicted molar refractivity (Wildman–Crippen MR) is 64.6 cm³/mol. The maximum absolute atomic E-state index is 11.5. The van der Waals surface area contributed by atoms with Gasteiger partial charge in [0.05, 0.1) is 0 Å². The molecule has 0 amide bonds. The highest BCUT2D eigenvalue weighted by atomic mass is 16.5. The smallest absolute Gasteiger partial charge is 0.328 e. The lowest BCUT2D eigenvalue weighted by Crippen LogP contribution is -2.36. The van der Waals surface area contributed by atoms with Gasteiger partial charge < -0.3 is 10.1 Å². The Balaban J connectivity index is 0.000000606. The number of fused-ring (bicyclic) bond motifs is 1. The van der Waals surface area contributed by atoms with Crippen molar-refractivity contribution in [2.45, 2.75) is 32.7 Å². The summed E-state index contributed by atoms with van der Waals surface area (Å²) in [7, 11) is 1.78. The third-order valence-electron chi connectivity index (χ3n) is 2.52. The van der Waals surface area contributed by atoms with Gasteiger partial charge in [0.1, 0.15) is 11.8 Å². The summed E-state index contributed by atoms with van der Waals surface area (Å²) in [6.45, 7) is 4.00. The lowest BCUT2D eigenvalue weighted by Gasteiger charge is -2.09. The Kier molecular flexibility index (Phi) is 4.99. The Bertz CT molecular complexity index is 350. The van der Waals surface area contributed by atoms with Gasteiger partial charge in [-0.1, -0.05) is 32.0 Å². The second kappa shape index (κ2) is 6.28. The monoisotopic (exact) mass is 221 g/mol. The van der Waals surface area contributed by atoms with Crippen LogP contribution in [0.2, 0.25) is 0 Å². The first-order valence-electron chi connectivity index (χ1n) is 5.78. The third-order valence-corrected chi connectivity index (χ3v) is 2.52. The second-order valence-electron chi connectivity index (χ2n) is 3.41. The molecule has 1 N–H and O–H groups in total. The lowest BCUT2D eigenvalue weighted by atomic mass is 10.1. The number of hydrogen-bond donors (Lipinski definition) is 1. The molecule has 1 aliphatic rings. The largest absolute Gasteiger partial charge is 0.425 e. The number of benzene rings is 1. The molecule has 2 rings (SSSR count). The van der Waals surface area contributed by atoms with Crippen molar-refractivity contribution < 1.29 is 9.53 Å². The molecule has 1 aromatic carbocycles. The summed E-state index contributed by atoms with van der Waals surface area (Å²) < 4.78 is 5.26. The molecule has 1 atom stereocenters. The van der Waals surface area contributed by atoms with Gasteiger partial charge in [0.2, 0.25) is 0 Å². The van der Waals surface area contributed by atoms with Crippen LogP contribution in [-0.2, 0) is 11.2 Å². The molecule has 0 aliphatic carbocycles. The molecule has 1 aliphatic heterocycles. The Morgan fingerprint density at radius 2 is 2.00 bits per heavy atom. The maximum atomic E-state index is 11.5. The van der Waals surface area contributed by atoms with Crippen molar-refractivity contribution >= 4 is 5.97 Å². The third kappa shape index (κ3) is 2.83. The second-order valence-corrected chi connectivity index (χ2v) is 3.41. The minimum atomic E-state index is -0.183. The summed E-state index contributed by atoms with van der Waals surface area (Å²) in [6, 6.07) is 7.51. The van der Waals surface area contributed by atoms with Crippen molar-refractivity contribution in [1.82, 2.24) is 5.32 Å². The fourth-order valence-corrected chi connectivity index (χ4v) is 1.67. The van der Waals surface area contributed by atoms with Gasteiger partial charge in [-0.2, -0.15) is 0 Å². The van der Waals surface area contributed by atoms with E-state index >= 15 is 0 Å². The van der Waals surface area contributed by atoms with E-state index in [-0.39, 0.29) is 12.0 Å². The fourth-order valence-electron chi connectivity index (χ4n) is 1.67. The number of nitrogens with one attached hydrogen (secondary N) is 1. The zero-order chi connectivity index (χ0) is 12.0. The van der Waals surface area contributed by atoms with Gasteiger partial charge in [0, 0.05) is 0 Å². The van der Waals surface area contributed by atoms with E-state index in [9.17, 15) is 4.79 Å². The standard InChI is InChI=1S/C11H13NO2.C2H6/c1-12-9-7-6-8-4-2-3-5-10(8)14-11(9)13;1-2/h2-5,9,12H,6-7H2,1H3;1-2H3.